The van der Waals surface area contributed by atoms with E-state index in [9.17, 15) is 14.3 Å². The Balaban J connectivity index is 2.04. The molecule has 3 aromatic carbocycles. The molecule has 0 fully saturated rings. The van der Waals surface area contributed by atoms with Crippen molar-refractivity contribution >= 4 is 16.7 Å². The number of carboxylic acids is 1. The van der Waals surface area contributed by atoms with E-state index in [1.165, 1.54) is 6.07 Å². The molecule has 22 heavy (non-hydrogen) atoms. The summed E-state index contributed by atoms with van der Waals surface area (Å²) in [5.41, 5.74) is 1.14. The summed E-state index contributed by atoms with van der Waals surface area (Å²) in [4.78, 5) is 11.6. The van der Waals surface area contributed by atoms with E-state index in [4.69, 9.17) is 0 Å². The van der Waals surface area contributed by atoms with Crippen LogP contribution in [0.3, 0.4) is 0 Å². The number of carbonyl (C=O) groups is 1. The minimum absolute atomic E-state index is 0.225. The van der Waals surface area contributed by atoms with Crippen molar-refractivity contribution in [2.45, 2.75) is 12.3 Å². The smallest absolute Gasteiger partial charge is 0.311 e. The quantitative estimate of drug-likeness (QED) is 0.775. The Kier molecular flexibility index (Phi) is 3.88. The molecular formula is C19H15FO2. The van der Waals surface area contributed by atoms with Crippen LogP contribution in [-0.2, 0) is 11.2 Å². The monoisotopic (exact) mass is 294 g/mol. The maximum absolute atomic E-state index is 14.0. The number of carboxylic acid groups (broad SMARTS) is 1. The molecule has 3 heteroatoms. The largest absolute Gasteiger partial charge is 0.481 e. The van der Waals surface area contributed by atoms with E-state index in [2.05, 4.69) is 0 Å². The Bertz CT molecular complexity index is 821. The van der Waals surface area contributed by atoms with Gasteiger partial charge in [-0.3, -0.25) is 4.79 Å². The second-order valence-corrected chi connectivity index (χ2v) is 5.25. The van der Waals surface area contributed by atoms with Crippen LogP contribution in [0.5, 0.6) is 0 Å². The zero-order chi connectivity index (χ0) is 15.5. The predicted octanol–water partition coefficient (Wildman–Crippen LogP) is 4.39. The highest BCUT2D eigenvalue weighted by Gasteiger charge is 2.23. The van der Waals surface area contributed by atoms with Crippen LogP contribution in [0.4, 0.5) is 4.39 Å². The van der Waals surface area contributed by atoms with Crippen LogP contribution in [0.1, 0.15) is 17.0 Å². The zero-order valence-electron chi connectivity index (χ0n) is 11.9. The first kappa shape index (κ1) is 14.3. The molecule has 3 rings (SSSR count). The third kappa shape index (κ3) is 2.70. The Morgan fingerprint density at radius 1 is 0.955 bits per heavy atom. The highest BCUT2D eigenvalue weighted by atomic mass is 19.1. The lowest BCUT2D eigenvalue weighted by atomic mass is 9.89. The van der Waals surface area contributed by atoms with Gasteiger partial charge in [0, 0.05) is 5.56 Å². The fraction of sp³-hybridized carbons (Fsp3) is 0.105. The van der Waals surface area contributed by atoms with Gasteiger partial charge in [0.1, 0.15) is 5.82 Å². The highest BCUT2D eigenvalue weighted by molar-refractivity contribution is 5.86. The first-order valence-electron chi connectivity index (χ1n) is 7.10. The standard InChI is InChI=1S/C19H15FO2/c20-18-11-4-3-10-16(18)17(19(21)22)12-14-8-5-7-13-6-1-2-9-15(13)14/h1-11,17H,12H2,(H,21,22). The van der Waals surface area contributed by atoms with Gasteiger partial charge in [-0.25, -0.2) is 4.39 Å². The van der Waals surface area contributed by atoms with Gasteiger partial charge in [0.25, 0.3) is 0 Å². The topological polar surface area (TPSA) is 37.3 Å². The Morgan fingerprint density at radius 3 is 2.41 bits per heavy atom. The van der Waals surface area contributed by atoms with E-state index in [1.807, 2.05) is 42.5 Å². The van der Waals surface area contributed by atoms with Crippen molar-refractivity contribution in [1.29, 1.82) is 0 Å². The molecule has 2 nitrogen and oxygen atoms in total. The summed E-state index contributed by atoms with van der Waals surface area (Å²) >= 11 is 0. The number of benzene rings is 3. The third-order valence-electron chi connectivity index (χ3n) is 3.88. The molecule has 110 valence electrons. The number of rotatable bonds is 4. The molecule has 1 unspecified atom stereocenters. The second kappa shape index (κ2) is 5.98. The van der Waals surface area contributed by atoms with Crippen molar-refractivity contribution in [1.82, 2.24) is 0 Å². The third-order valence-corrected chi connectivity index (χ3v) is 3.88. The summed E-state index contributed by atoms with van der Waals surface area (Å²) in [6, 6.07) is 19.7. The molecule has 0 aromatic heterocycles. The second-order valence-electron chi connectivity index (χ2n) is 5.25. The summed E-state index contributed by atoms with van der Waals surface area (Å²) in [5.74, 6) is -2.39. The van der Waals surface area contributed by atoms with Crippen LogP contribution < -0.4 is 0 Å². The van der Waals surface area contributed by atoms with Gasteiger partial charge in [0.2, 0.25) is 0 Å². The molecule has 0 heterocycles. The van der Waals surface area contributed by atoms with E-state index < -0.39 is 17.7 Å². The molecule has 1 N–H and O–H groups in total. The minimum Gasteiger partial charge on any atom is -0.481 e. The van der Waals surface area contributed by atoms with Gasteiger partial charge in [-0.2, -0.15) is 0 Å². The maximum atomic E-state index is 14.0. The number of hydrogen-bond acceptors (Lipinski definition) is 1. The van der Waals surface area contributed by atoms with Crippen LogP contribution in [0, 0.1) is 5.82 Å². The number of fused-ring (bicyclic) bond motifs is 1. The fourth-order valence-corrected chi connectivity index (χ4v) is 2.78. The predicted molar refractivity (Wildman–Crippen MR) is 84.4 cm³/mol. The van der Waals surface area contributed by atoms with Gasteiger partial charge in [-0.15, -0.1) is 0 Å². The van der Waals surface area contributed by atoms with Gasteiger partial charge in [-0.1, -0.05) is 60.7 Å². The van der Waals surface area contributed by atoms with Gasteiger partial charge in [0.15, 0.2) is 0 Å². The van der Waals surface area contributed by atoms with Crippen molar-refractivity contribution in [3.05, 3.63) is 83.7 Å². The molecule has 0 radical (unpaired) electrons. The van der Waals surface area contributed by atoms with Gasteiger partial charge in [0.05, 0.1) is 5.92 Å². The summed E-state index contributed by atoms with van der Waals surface area (Å²) in [7, 11) is 0. The van der Waals surface area contributed by atoms with Crippen molar-refractivity contribution in [2.24, 2.45) is 0 Å². The lowest BCUT2D eigenvalue weighted by molar-refractivity contribution is -0.138. The van der Waals surface area contributed by atoms with Crippen molar-refractivity contribution < 1.29 is 14.3 Å². The Hall–Kier alpha value is -2.68. The van der Waals surface area contributed by atoms with Crippen molar-refractivity contribution in [2.75, 3.05) is 0 Å². The minimum atomic E-state index is -1.02. The fourth-order valence-electron chi connectivity index (χ4n) is 2.78. The summed E-state index contributed by atoms with van der Waals surface area (Å²) < 4.78 is 14.0. The zero-order valence-corrected chi connectivity index (χ0v) is 11.9. The molecule has 3 aromatic rings. The SMILES string of the molecule is O=C(O)C(Cc1cccc2ccccc12)c1ccccc1F. The molecule has 0 spiro atoms. The molecular weight excluding hydrogens is 279 g/mol. The van der Waals surface area contributed by atoms with E-state index in [0.717, 1.165) is 16.3 Å². The molecule has 0 saturated heterocycles. The molecule has 1 atom stereocenters. The Labute approximate surface area is 127 Å². The summed E-state index contributed by atoms with van der Waals surface area (Å²) in [5, 5.41) is 11.6. The van der Waals surface area contributed by atoms with Crippen LogP contribution in [0.15, 0.2) is 66.7 Å². The van der Waals surface area contributed by atoms with E-state index in [1.54, 1.807) is 18.2 Å². The van der Waals surface area contributed by atoms with Crippen molar-refractivity contribution in [3.8, 4) is 0 Å². The average Bonchev–Trinajstić information content (AvgIpc) is 2.53. The van der Waals surface area contributed by atoms with Crippen LogP contribution in [0.2, 0.25) is 0 Å². The van der Waals surface area contributed by atoms with Gasteiger partial charge in [-0.05, 0) is 28.8 Å². The summed E-state index contributed by atoms with van der Waals surface area (Å²) in [6.07, 6.45) is 0.262. The number of hydrogen-bond donors (Lipinski definition) is 1. The highest BCUT2D eigenvalue weighted by Crippen LogP contribution is 2.27. The van der Waals surface area contributed by atoms with Gasteiger partial charge < -0.3 is 5.11 Å². The molecule has 0 amide bonds. The van der Waals surface area contributed by atoms with Crippen molar-refractivity contribution in [3.63, 3.8) is 0 Å². The molecule has 0 aliphatic heterocycles. The average molecular weight is 294 g/mol. The first-order chi connectivity index (χ1) is 10.7. The normalized spacial score (nSPS) is 12.2. The summed E-state index contributed by atoms with van der Waals surface area (Å²) in [6.45, 7) is 0. The molecule has 0 aliphatic carbocycles. The van der Waals surface area contributed by atoms with Gasteiger partial charge >= 0.3 is 5.97 Å². The molecule has 0 aliphatic rings. The molecule has 0 bridgehead atoms. The lowest BCUT2D eigenvalue weighted by Gasteiger charge is -2.15. The van der Waals surface area contributed by atoms with E-state index in [-0.39, 0.29) is 12.0 Å². The number of halogens is 1. The van der Waals surface area contributed by atoms with E-state index >= 15 is 0 Å². The Morgan fingerprint density at radius 2 is 1.64 bits per heavy atom. The van der Waals surface area contributed by atoms with Crippen LogP contribution >= 0.6 is 0 Å². The maximum Gasteiger partial charge on any atom is 0.311 e. The van der Waals surface area contributed by atoms with Crippen LogP contribution in [0.25, 0.3) is 10.8 Å². The van der Waals surface area contributed by atoms with Crippen LogP contribution in [-0.4, -0.2) is 11.1 Å². The lowest BCUT2D eigenvalue weighted by Crippen LogP contribution is -2.16. The van der Waals surface area contributed by atoms with E-state index in [0.29, 0.717) is 0 Å². The first-order valence-corrected chi connectivity index (χ1v) is 7.10. The number of aliphatic carboxylic acids is 1. The molecule has 0 saturated carbocycles.